The molecule has 124 valence electrons. The first-order valence-corrected chi connectivity index (χ1v) is 8.83. The maximum Gasteiger partial charge on any atom is 0.0963 e. The Bertz CT molecular complexity index is 1230. The minimum absolute atomic E-state index is 1.05. The summed E-state index contributed by atoms with van der Waals surface area (Å²) in [6.45, 7) is 2.13. The van der Waals surface area contributed by atoms with Gasteiger partial charge < -0.3 is 4.57 Å². The normalized spacial score (nSPS) is 11.3. The van der Waals surface area contributed by atoms with Crippen LogP contribution in [0.5, 0.6) is 0 Å². The third kappa shape index (κ3) is 2.31. The summed E-state index contributed by atoms with van der Waals surface area (Å²) >= 11 is 0. The lowest BCUT2D eigenvalue weighted by Crippen LogP contribution is -1.94. The number of benzene rings is 3. The quantitative estimate of drug-likeness (QED) is 0.378. The van der Waals surface area contributed by atoms with E-state index in [-0.39, 0.29) is 0 Å². The molecule has 0 unspecified atom stereocenters. The zero-order chi connectivity index (χ0) is 17.5. The van der Waals surface area contributed by atoms with E-state index in [1.54, 1.807) is 0 Å². The van der Waals surface area contributed by atoms with Crippen LogP contribution in [0.3, 0.4) is 0 Å². The van der Waals surface area contributed by atoms with Crippen molar-refractivity contribution in [2.45, 2.75) is 6.92 Å². The summed E-state index contributed by atoms with van der Waals surface area (Å²) < 4.78 is 2.31. The molecule has 2 nitrogen and oxygen atoms in total. The Labute approximate surface area is 152 Å². The number of nitrogens with zero attached hydrogens (tertiary/aromatic N) is 2. The van der Waals surface area contributed by atoms with Crippen molar-refractivity contribution in [1.82, 2.24) is 9.55 Å². The third-order valence-corrected chi connectivity index (χ3v) is 4.89. The van der Waals surface area contributed by atoms with Gasteiger partial charge in [0, 0.05) is 17.3 Å². The maximum absolute atomic E-state index is 4.66. The maximum atomic E-state index is 4.66. The summed E-state index contributed by atoms with van der Waals surface area (Å²) in [6.07, 6.45) is 1.87. The van der Waals surface area contributed by atoms with Crippen LogP contribution in [-0.2, 0) is 0 Å². The monoisotopic (exact) mass is 334 g/mol. The van der Waals surface area contributed by atoms with E-state index in [9.17, 15) is 0 Å². The van der Waals surface area contributed by atoms with Crippen LogP contribution in [0.2, 0.25) is 0 Å². The molecule has 0 fully saturated rings. The fourth-order valence-electron chi connectivity index (χ4n) is 3.68. The number of hydrogen-bond donors (Lipinski definition) is 0. The molecule has 2 heterocycles. The van der Waals surface area contributed by atoms with Crippen LogP contribution >= 0.6 is 0 Å². The van der Waals surface area contributed by atoms with E-state index in [1.165, 1.54) is 27.6 Å². The van der Waals surface area contributed by atoms with Crippen molar-refractivity contribution in [1.29, 1.82) is 0 Å². The molecule has 5 rings (SSSR count). The van der Waals surface area contributed by atoms with Gasteiger partial charge in [0.1, 0.15) is 0 Å². The van der Waals surface area contributed by atoms with Crippen LogP contribution in [0.1, 0.15) is 5.56 Å². The highest BCUT2D eigenvalue weighted by atomic mass is 15.0. The van der Waals surface area contributed by atoms with Crippen LogP contribution in [0, 0.1) is 6.92 Å². The van der Waals surface area contributed by atoms with Gasteiger partial charge in [-0.1, -0.05) is 54.1 Å². The first-order valence-electron chi connectivity index (χ1n) is 8.83. The lowest BCUT2D eigenvalue weighted by molar-refractivity contribution is 1.17. The molecular weight excluding hydrogens is 316 g/mol. The number of hydrogen-bond acceptors (Lipinski definition) is 1. The Hall–Kier alpha value is -3.39. The highest BCUT2D eigenvalue weighted by Gasteiger charge is 2.13. The van der Waals surface area contributed by atoms with Crippen molar-refractivity contribution >= 4 is 21.9 Å². The predicted octanol–water partition coefficient (Wildman–Crippen LogP) is 6.15. The summed E-state index contributed by atoms with van der Waals surface area (Å²) in [6, 6.07) is 29.9. The Kier molecular flexibility index (Phi) is 3.36. The number of aromatic nitrogens is 2. The molecule has 2 heteroatoms. The number of pyridine rings is 1. The second kappa shape index (κ2) is 5.85. The standard InChI is InChI=1S/C24H18N2/c1-17-12-13-22-21(15-17)24-23(11-6-14-25-24)26(22)20-10-5-9-19(16-20)18-7-3-2-4-8-18/h2-16H,1H3. The van der Waals surface area contributed by atoms with E-state index in [0.29, 0.717) is 0 Å². The van der Waals surface area contributed by atoms with E-state index < -0.39 is 0 Å². The summed E-state index contributed by atoms with van der Waals surface area (Å²) in [4.78, 5) is 4.66. The molecule has 0 saturated carbocycles. The summed E-state index contributed by atoms with van der Waals surface area (Å²) in [5.41, 5.74) is 8.23. The van der Waals surface area contributed by atoms with Gasteiger partial charge in [0.2, 0.25) is 0 Å². The van der Waals surface area contributed by atoms with Gasteiger partial charge in [0.15, 0.2) is 0 Å². The van der Waals surface area contributed by atoms with Gasteiger partial charge in [-0.25, -0.2) is 0 Å². The van der Waals surface area contributed by atoms with Gasteiger partial charge in [-0.2, -0.15) is 0 Å². The molecule has 5 aromatic rings. The van der Waals surface area contributed by atoms with Gasteiger partial charge in [0.25, 0.3) is 0 Å². The summed E-state index contributed by atoms with van der Waals surface area (Å²) in [5.74, 6) is 0. The molecule has 2 aromatic heterocycles. The minimum Gasteiger partial charge on any atom is -0.308 e. The van der Waals surface area contributed by atoms with E-state index in [0.717, 1.165) is 16.7 Å². The molecule has 3 aromatic carbocycles. The van der Waals surface area contributed by atoms with Crippen molar-refractivity contribution in [2.75, 3.05) is 0 Å². The Morgan fingerprint density at radius 1 is 0.692 bits per heavy atom. The number of fused-ring (bicyclic) bond motifs is 3. The zero-order valence-electron chi connectivity index (χ0n) is 14.6. The Morgan fingerprint density at radius 3 is 2.42 bits per heavy atom. The molecule has 0 aliphatic carbocycles. The largest absolute Gasteiger partial charge is 0.308 e. The average molecular weight is 334 g/mol. The fourth-order valence-corrected chi connectivity index (χ4v) is 3.68. The highest BCUT2D eigenvalue weighted by Crippen LogP contribution is 2.32. The van der Waals surface area contributed by atoms with Crippen LogP contribution < -0.4 is 0 Å². The van der Waals surface area contributed by atoms with Crippen molar-refractivity contribution < 1.29 is 0 Å². The van der Waals surface area contributed by atoms with Gasteiger partial charge >= 0.3 is 0 Å². The molecular formula is C24H18N2. The first-order chi connectivity index (χ1) is 12.8. The first kappa shape index (κ1) is 14.9. The van der Waals surface area contributed by atoms with Crippen molar-refractivity contribution in [2.24, 2.45) is 0 Å². The lowest BCUT2D eigenvalue weighted by Gasteiger charge is -2.10. The van der Waals surface area contributed by atoms with Crippen molar-refractivity contribution in [3.05, 3.63) is 96.7 Å². The van der Waals surface area contributed by atoms with Crippen molar-refractivity contribution in [3.63, 3.8) is 0 Å². The minimum atomic E-state index is 1.05. The smallest absolute Gasteiger partial charge is 0.0963 e. The average Bonchev–Trinajstić information content (AvgIpc) is 3.02. The van der Waals surface area contributed by atoms with Gasteiger partial charge in [-0.3, -0.25) is 4.98 Å². The molecule has 0 spiro atoms. The van der Waals surface area contributed by atoms with Gasteiger partial charge in [0.05, 0.1) is 16.6 Å². The third-order valence-electron chi connectivity index (χ3n) is 4.89. The van der Waals surface area contributed by atoms with Crippen LogP contribution in [0.4, 0.5) is 0 Å². The number of rotatable bonds is 2. The lowest BCUT2D eigenvalue weighted by atomic mass is 10.1. The summed E-state index contributed by atoms with van der Waals surface area (Å²) in [7, 11) is 0. The predicted molar refractivity (Wildman–Crippen MR) is 109 cm³/mol. The summed E-state index contributed by atoms with van der Waals surface area (Å²) in [5, 5.41) is 1.20. The molecule has 0 atom stereocenters. The SMILES string of the molecule is Cc1ccc2c(c1)c1ncccc1n2-c1cccc(-c2ccccc2)c1. The second-order valence-corrected chi connectivity index (χ2v) is 6.64. The highest BCUT2D eigenvalue weighted by molar-refractivity contribution is 6.07. The van der Waals surface area contributed by atoms with Crippen LogP contribution in [0.15, 0.2) is 91.1 Å². The molecule has 26 heavy (non-hydrogen) atoms. The molecule has 0 bridgehead atoms. The van der Waals surface area contributed by atoms with E-state index >= 15 is 0 Å². The molecule has 0 aliphatic rings. The molecule has 0 radical (unpaired) electrons. The van der Waals surface area contributed by atoms with Gasteiger partial charge in [-0.05, 0) is 54.4 Å². The molecule has 0 saturated heterocycles. The molecule has 0 aliphatic heterocycles. The van der Waals surface area contributed by atoms with Crippen LogP contribution in [0.25, 0.3) is 38.8 Å². The van der Waals surface area contributed by atoms with Crippen LogP contribution in [-0.4, -0.2) is 9.55 Å². The van der Waals surface area contributed by atoms with E-state index in [2.05, 4.69) is 89.3 Å². The Morgan fingerprint density at radius 2 is 1.54 bits per heavy atom. The molecule has 0 amide bonds. The number of aryl methyl sites for hydroxylation is 1. The van der Waals surface area contributed by atoms with Crippen molar-refractivity contribution in [3.8, 4) is 16.8 Å². The Balaban J connectivity index is 1.82. The van der Waals surface area contributed by atoms with E-state index in [4.69, 9.17) is 0 Å². The molecule has 0 N–H and O–H groups in total. The second-order valence-electron chi connectivity index (χ2n) is 6.64. The topological polar surface area (TPSA) is 17.8 Å². The van der Waals surface area contributed by atoms with Gasteiger partial charge in [-0.15, -0.1) is 0 Å². The fraction of sp³-hybridized carbons (Fsp3) is 0.0417. The van der Waals surface area contributed by atoms with E-state index in [1.807, 2.05) is 18.3 Å². The zero-order valence-corrected chi connectivity index (χ0v) is 14.6.